The van der Waals surface area contributed by atoms with Crippen LogP contribution in [0.5, 0.6) is 11.5 Å². The summed E-state index contributed by atoms with van der Waals surface area (Å²) >= 11 is 0. The highest BCUT2D eigenvalue weighted by molar-refractivity contribution is 5.46. The number of methoxy groups -OCH3 is 1. The third kappa shape index (κ3) is 4.23. The lowest BCUT2D eigenvalue weighted by molar-refractivity contribution is 0.276. The average molecular weight is 289 g/mol. The molecule has 0 saturated carbocycles. The van der Waals surface area contributed by atoms with Crippen molar-refractivity contribution in [3.8, 4) is 11.5 Å². The Kier molecular flexibility index (Phi) is 5.63. The predicted octanol–water partition coefficient (Wildman–Crippen LogP) is 2.51. The molecule has 1 aromatic heterocycles. The second kappa shape index (κ2) is 7.69. The second-order valence-electron chi connectivity index (χ2n) is 4.89. The summed E-state index contributed by atoms with van der Waals surface area (Å²) in [5, 5.41) is 7.71. The van der Waals surface area contributed by atoms with Crippen LogP contribution in [-0.4, -0.2) is 23.4 Å². The molecule has 0 atom stereocenters. The maximum absolute atomic E-state index is 5.95. The van der Waals surface area contributed by atoms with Gasteiger partial charge in [-0.15, -0.1) is 0 Å². The topological polar surface area (TPSA) is 48.3 Å². The zero-order valence-corrected chi connectivity index (χ0v) is 12.9. The molecule has 0 unspecified atom stereocenters. The fraction of sp³-hybridized carbons (Fsp3) is 0.438. The smallest absolute Gasteiger partial charge is 0.166 e. The van der Waals surface area contributed by atoms with E-state index >= 15 is 0 Å². The van der Waals surface area contributed by atoms with Gasteiger partial charge in [-0.3, -0.25) is 4.68 Å². The van der Waals surface area contributed by atoms with Crippen molar-refractivity contribution in [3.05, 3.63) is 41.7 Å². The number of benzene rings is 1. The van der Waals surface area contributed by atoms with Crippen LogP contribution in [0.3, 0.4) is 0 Å². The van der Waals surface area contributed by atoms with Gasteiger partial charge in [-0.1, -0.05) is 19.1 Å². The largest absolute Gasteiger partial charge is 0.493 e. The molecule has 114 valence electrons. The average Bonchev–Trinajstić information content (AvgIpc) is 2.91. The van der Waals surface area contributed by atoms with Crippen molar-refractivity contribution in [1.29, 1.82) is 0 Å². The van der Waals surface area contributed by atoms with Crippen LogP contribution in [0, 0.1) is 0 Å². The van der Waals surface area contributed by atoms with Crippen molar-refractivity contribution < 1.29 is 9.47 Å². The first-order valence-electron chi connectivity index (χ1n) is 7.22. The zero-order chi connectivity index (χ0) is 15.1. The molecular weight excluding hydrogens is 266 g/mol. The number of rotatable bonds is 8. The molecule has 0 aliphatic rings. The quantitative estimate of drug-likeness (QED) is 0.759. The number of para-hydroxylation sites is 1. The Labute approximate surface area is 125 Å². The Morgan fingerprint density at radius 2 is 2.14 bits per heavy atom. The van der Waals surface area contributed by atoms with Gasteiger partial charge in [0, 0.05) is 25.4 Å². The summed E-state index contributed by atoms with van der Waals surface area (Å²) in [5.41, 5.74) is 2.00. The molecule has 0 fully saturated rings. The molecule has 0 radical (unpaired) electrons. The summed E-state index contributed by atoms with van der Waals surface area (Å²) in [4.78, 5) is 0. The van der Waals surface area contributed by atoms with Crippen LogP contribution in [0.1, 0.15) is 24.6 Å². The van der Waals surface area contributed by atoms with Gasteiger partial charge in [0.15, 0.2) is 11.5 Å². The van der Waals surface area contributed by atoms with Gasteiger partial charge in [0.25, 0.3) is 0 Å². The van der Waals surface area contributed by atoms with Crippen molar-refractivity contribution in [2.24, 2.45) is 7.05 Å². The Bertz CT molecular complexity index is 566. The van der Waals surface area contributed by atoms with E-state index in [1.165, 1.54) is 0 Å². The molecule has 0 saturated heterocycles. The van der Waals surface area contributed by atoms with Gasteiger partial charge in [0.1, 0.15) is 6.61 Å². The summed E-state index contributed by atoms with van der Waals surface area (Å²) < 4.78 is 13.1. The molecular formula is C16H23N3O2. The Hall–Kier alpha value is -2.01. The van der Waals surface area contributed by atoms with E-state index in [0.717, 1.165) is 42.3 Å². The number of nitrogens with one attached hydrogen (secondary N) is 1. The van der Waals surface area contributed by atoms with Crippen LogP contribution < -0.4 is 14.8 Å². The Morgan fingerprint density at radius 1 is 1.29 bits per heavy atom. The Morgan fingerprint density at radius 3 is 2.81 bits per heavy atom. The summed E-state index contributed by atoms with van der Waals surface area (Å²) in [7, 11) is 3.55. The van der Waals surface area contributed by atoms with E-state index in [9.17, 15) is 0 Å². The van der Waals surface area contributed by atoms with E-state index in [1.54, 1.807) is 11.8 Å². The number of aromatic nitrogens is 2. The maximum Gasteiger partial charge on any atom is 0.166 e. The SMILES string of the molecule is CCCNCc1cccc(OC)c1OCc1ccn(C)n1. The first-order valence-corrected chi connectivity index (χ1v) is 7.22. The van der Waals surface area contributed by atoms with E-state index in [4.69, 9.17) is 9.47 Å². The van der Waals surface area contributed by atoms with Crippen molar-refractivity contribution in [2.45, 2.75) is 26.5 Å². The van der Waals surface area contributed by atoms with Crippen LogP contribution in [0.4, 0.5) is 0 Å². The Balaban J connectivity index is 2.10. The van der Waals surface area contributed by atoms with Crippen LogP contribution in [-0.2, 0) is 20.2 Å². The molecule has 0 amide bonds. The number of hydrogen-bond acceptors (Lipinski definition) is 4. The number of nitrogens with zero attached hydrogens (tertiary/aromatic N) is 2. The lowest BCUT2D eigenvalue weighted by Gasteiger charge is -2.15. The zero-order valence-electron chi connectivity index (χ0n) is 12.9. The van der Waals surface area contributed by atoms with Gasteiger partial charge in [0.05, 0.1) is 12.8 Å². The molecule has 0 spiro atoms. The molecule has 2 aromatic rings. The van der Waals surface area contributed by atoms with Gasteiger partial charge in [-0.25, -0.2) is 0 Å². The van der Waals surface area contributed by atoms with E-state index in [2.05, 4.69) is 23.4 Å². The van der Waals surface area contributed by atoms with E-state index in [0.29, 0.717) is 6.61 Å². The standard InChI is InChI=1S/C16H23N3O2/c1-4-9-17-11-13-6-5-7-15(20-3)16(13)21-12-14-8-10-19(2)18-14/h5-8,10,17H,4,9,11-12H2,1-3H3. The van der Waals surface area contributed by atoms with E-state index in [-0.39, 0.29) is 0 Å². The highest BCUT2D eigenvalue weighted by Crippen LogP contribution is 2.31. The number of ether oxygens (including phenoxy) is 2. The molecule has 21 heavy (non-hydrogen) atoms. The van der Waals surface area contributed by atoms with E-state index in [1.807, 2.05) is 31.4 Å². The molecule has 0 bridgehead atoms. The van der Waals surface area contributed by atoms with Crippen molar-refractivity contribution in [2.75, 3.05) is 13.7 Å². The summed E-state index contributed by atoms with van der Waals surface area (Å²) in [6, 6.07) is 7.90. The molecule has 5 heteroatoms. The summed E-state index contributed by atoms with van der Waals surface area (Å²) in [6.07, 6.45) is 3.01. The van der Waals surface area contributed by atoms with Crippen LogP contribution in [0.15, 0.2) is 30.5 Å². The van der Waals surface area contributed by atoms with Gasteiger partial charge in [-0.05, 0) is 25.1 Å². The van der Waals surface area contributed by atoms with Gasteiger partial charge in [0.2, 0.25) is 0 Å². The normalized spacial score (nSPS) is 10.6. The third-order valence-corrected chi connectivity index (χ3v) is 3.16. The fourth-order valence-electron chi connectivity index (χ4n) is 2.11. The first kappa shape index (κ1) is 15.4. The first-order chi connectivity index (χ1) is 10.2. The van der Waals surface area contributed by atoms with Gasteiger partial charge in [-0.2, -0.15) is 5.10 Å². The van der Waals surface area contributed by atoms with Gasteiger partial charge >= 0.3 is 0 Å². The molecule has 1 aromatic carbocycles. The molecule has 1 heterocycles. The van der Waals surface area contributed by atoms with Crippen molar-refractivity contribution in [3.63, 3.8) is 0 Å². The van der Waals surface area contributed by atoms with E-state index < -0.39 is 0 Å². The lowest BCUT2D eigenvalue weighted by Crippen LogP contribution is -2.15. The highest BCUT2D eigenvalue weighted by Gasteiger charge is 2.11. The molecule has 5 nitrogen and oxygen atoms in total. The molecule has 2 rings (SSSR count). The maximum atomic E-state index is 5.95. The molecule has 0 aliphatic heterocycles. The van der Waals surface area contributed by atoms with Crippen LogP contribution in [0.2, 0.25) is 0 Å². The summed E-state index contributed by atoms with van der Waals surface area (Å²) in [6.45, 7) is 4.33. The lowest BCUT2D eigenvalue weighted by atomic mass is 10.2. The molecule has 0 aliphatic carbocycles. The second-order valence-corrected chi connectivity index (χ2v) is 4.89. The minimum Gasteiger partial charge on any atom is -0.493 e. The highest BCUT2D eigenvalue weighted by atomic mass is 16.5. The third-order valence-electron chi connectivity index (χ3n) is 3.16. The van der Waals surface area contributed by atoms with Gasteiger partial charge < -0.3 is 14.8 Å². The monoisotopic (exact) mass is 289 g/mol. The summed E-state index contributed by atoms with van der Waals surface area (Å²) in [5.74, 6) is 1.54. The minimum atomic E-state index is 0.433. The number of aryl methyl sites for hydroxylation is 1. The number of hydrogen-bond donors (Lipinski definition) is 1. The molecule has 1 N–H and O–H groups in total. The van der Waals surface area contributed by atoms with Crippen LogP contribution >= 0.6 is 0 Å². The van der Waals surface area contributed by atoms with Crippen molar-refractivity contribution >= 4 is 0 Å². The fourth-order valence-corrected chi connectivity index (χ4v) is 2.11. The van der Waals surface area contributed by atoms with Crippen molar-refractivity contribution in [1.82, 2.24) is 15.1 Å². The minimum absolute atomic E-state index is 0.433. The van der Waals surface area contributed by atoms with Crippen LogP contribution in [0.25, 0.3) is 0 Å². The predicted molar refractivity (Wildman–Crippen MR) is 82.5 cm³/mol.